The van der Waals surface area contributed by atoms with Crippen molar-refractivity contribution in [2.24, 2.45) is 0 Å². The molecule has 0 unspecified atom stereocenters. The lowest BCUT2D eigenvalue weighted by molar-refractivity contribution is -0.143. The fraction of sp³-hybridized carbons (Fsp3) is 0.255. The Morgan fingerprint density at radius 1 is 0.522 bits per heavy atom. The summed E-state index contributed by atoms with van der Waals surface area (Å²) in [5, 5.41) is 22.2. The van der Waals surface area contributed by atoms with Crippen LogP contribution < -0.4 is 21.3 Å². The maximum atomic E-state index is 12.7. The second kappa shape index (κ2) is 27.5. The first kappa shape index (κ1) is 51.8. The molecule has 2 heterocycles. The minimum Gasteiger partial charge on any atom is -0.480 e. The molecule has 16 heteroatoms. The molecule has 6 aromatic rings. The third kappa shape index (κ3) is 17.2. The maximum Gasteiger partial charge on any atom is 0.328 e. The van der Waals surface area contributed by atoms with E-state index in [4.69, 9.17) is 51.1 Å². The van der Waals surface area contributed by atoms with E-state index in [1.807, 2.05) is 84.9 Å². The number of carbonyl (C=O) groups is 4. The van der Waals surface area contributed by atoms with E-state index in [-0.39, 0.29) is 44.1 Å². The zero-order valence-electron chi connectivity index (χ0n) is 36.8. The number of carboxylic acid groups (broad SMARTS) is 1. The number of halogens is 4. The molecule has 2 aromatic heterocycles. The molecule has 67 heavy (non-hydrogen) atoms. The molecule has 0 fully saturated rings. The van der Waals surface area contributed by atoms with Crippen LogP contribution >= 0.6 is 46.4 Å². The van der Waals surface area contributed by atoms with Crippen LogP contribution in [0, 0.1) is 0 Å². The molecule has 0 bridgehead atoms. The Labute approximate surface area is 410 Å². The van der Waals surface area contributed by atoms with Crippen molar-refractivity contribution < 1.29 is 29.0 Å². The lowest BCUT2D eigenvalue weighted by Crippen LogP contribution is -2.43. The van der Waals surface area contributed by atoms with Crippen molar-refractivity contribution in [3.63, 3.8) is 0 Å². The summed E-state index contributed by atoms with van der Waals surface area (Å²) in [6.45, 7) is 1.72. The highest BCUT2D eigenvalue weighted by molar-refractivity contribution is 6.40. The van der Waals surface area contributed by atoms with Crippen molar-refractivity contribution in [3.8, 4) is 0 Å². The molecule has 0 radical (unpaired) electrons. The van der Waals surface area contributed by atoms with E-state index in [9.17, 15) is 24.3 Å². The molecule has 2 amide bonds. The highest BCUT2D eigenvalue weighted by Crippen LogP contribution is 2.26. The van der Waals surface area contributed by atoms with E-state index >= 15 is 0 Å². The van der Waals surface area contributed by atoms with Crippen LogP contribution in [-0.2, 0) is 40.0 Å². The number of carboxylic acids is 1. The Kier molecular flexibility index (Phi) is 21.2. The van der Waals surface area contributed by atoms with E-state index in [2.05, 4.69) is 31.2 Å². The lowest BCUT2D eigenvalue weighted by Gasteiger charge is -2.18. The largest absolute Gasteiger partial charge is 0.480 e. The van der Waals surface area contributed by atoms with Gasteiger partial charge >= 0.3 is 11.9 Å². The van der Waals surface area contributed by atoms with Crippen LogP contribution in [0.1, 0.15) is 68.7 Å². The quantitative estimate of drug-likeness (QED) is 0.0326. The van der Waals surface area contributed by atoms with Crippen LogP contribution in [0.4, 0.5) is 11.6 Å². The van der Waals surface area contributed by atoms with Crippen LogP contribution in [0.25, 0.3) is 0 Å². The molecule has 5 N–H and O–H groups in total. The van der Waals surface area contributed by atoms with Crippen molar-refractivity contribution in [2.75, 3.05) is 30.8 Å². The predicted molar refractivity (Wildman–Crippen MR) is 267 cm³/mol. The van der Waals surface area contributed by atoms with Crippen molar-refractivity contribution in [1.29, 1.82) is 0 Å². The number of hydrogen-bond donors (Lipinski definition) is 5. The van der Waals surface area contributed by atoms with Gasteiger partial charge in [-0.05, 0) is 109 Å². The summed E-state index contributed by atoms with van der Waals surface area (Å²) in [5.74, 6) is -1.05. The van der Waals surface area contributed by atoms with Gasteiger partial charge in [0.25, 0.3) is 11.8 Å². The van der Waals surface area contributed by atoms with E-state index in [1.165, 1.54) is 30.4 Å². The number of unbranched alkanes of at least 4 members (excludes halogenated alkanes) is 2. The summed E-state index contributed by atoms with van der Waals surface area (Å²) in [6, 6.07) is 34.9. The number of aryl methyl sites for hydroxylation is 2. The fourth-order valence-electron chi connectivity index (χ4n) is 6.86. The Hall–Kier alpha value is -6.18. The van der Waals surface area contributed by atoms with Gasteiger partial charge in [-0.1, -0.05) is 119 Å². The highest BCUT2D eigenvalue weighted by Gasteiger charge is 2.26. The molecule has 12 nitrogen and oxygen atoms in total. The molecule has 0 spiro atoms. The topological polar surface area (TPSA) is 172 Å². The average molecular weight is 987 g/mol. The molecular weight excluding hydrogens is 934 g/mol. The van der Waals surface area contributed by atoms with Crippen molar-refractivity contribution in [1.82, 2.24) is 20.6 Å². The summed E-state index contributed by atoms with van der Waals surface area (Å²) in [7, 11) is 1.29. The summed E-state index contributed by atoms with van der Waals surface area (Å²) in [4.78, 5) is 57.8. The zero-order valence-corrected chi connectivity index (χ0v) is 39.8. The first-order chi connectivity index (χ1) is 32.4. The van der Waals surface area contributed by atoms with Crippen LogP contribution in [0.15, 0.2) is 134 Å². The number of hydrogen-bond acceptors (Lipinski definition) is 9. The monoisotopic (exact) mass is 984 g/mol. The van der Waals surface area contributed by atoms with E-state index < -0.39 is 35.8 Å². The van der Waals surface area contributed by atoms with E-state index in [0.717, 1.165) is 74.4 Å². The van der Waals surface area contributed by atoms with Gasteiger partial charge in [0, 0.05) is 38.3 Å². The van der Waals surface area contributed by atoms with E-state index in [1.54, 1.807) is 36.7 Å². The number of nitrogens with zero attached hydrogens (tertiary/aromatic N) is 2. The first-order valence-corrected chi connectivity index (χ1v) is 23.2. The summed E-state index contributed by atoms with van der Waals surface area (Å²) in [5.41, 5.74) is 4.31. The van der Waals surface area contributed by atoms with Crippen LogP contribution in [0.2, 0.25) is 20.1 Å². The number of benzene rings is 4. The smallest absolute Gasteiger partial charge is 0.328 e. The maximum absolute atomic E-state index is 12.7. The molecule has 0 aliphatic carbocycles. The summed E-state index contributed by atoms with van der Waals surface area (Å²) >= 11 is 24.4. The number of carbonyl (C=O) groups excluding carboxylic acids is 3. The minimum absolute atomic E-state index is 0.0694. The number of anilines is 2. The fourth-order valence-corrected chi connectivity index (χ4v) is 8.00. The Bertz CT molecular complexity index is 2480. The third-order valence-corrected chi connectivity index (χ3v) is 11.7. The van der Waals surface area contributed by atoms with Crippen LogP contribution in [-0.4, -0.2) is 71.1 Å². The van der Waals surface area contributed by atoms with Gasteiger partial charge in [0.05, 0.1) is 38.3 Å². The molecule has 2 atom stereocenters. The summed E-state index contributed by atoms with van der Waals surface area (Å²) in [6.07, 6.45) is 9.94. The number of aromatic nitrogens is 2. The highest BCUT2D eigenvalue weighted by atomic mass is 35.5. The molecule has 0 saturated heterocycles. The van der Waals surface area contributed by atoms with Crippen LogP contribution in [0.5, 0.6) is 0 Å². The van der Waals surface area contributed by atoms with Gasteiger partial charge < -0.3 is 31.1 Å². The molecule has 0 aliphatic rings. The number of pyridine rings is 2. The Morgan fingerprint density at radius 2 is 0.910 bits per heavy atom. The minimum atomic E-state index is -1.13. The Balaban J connectivity index is 0.000000251. The average Bonchev–Trinajstić information content (AvgIpc) is 3.32. The van der Waals surface area contributed by atoms with E-state index in [0.29, 0.717) is 0 Å². The van der Waals surface area contributed by atoms with Crippen molar-refractivity contribution in [2.45, 2.75) is 63.5 Å². The number of rotatable bonds is 22. The van der Waals surface area contributed by atoms with Gasteiger partial charge in [-0.2, -0.15) is 0 Å². The lowest BCUT2D eigenvalue weighted by atomic mass is 10.0. The molecular formula is C51H52Cl4N6O6. The molecule has 6 rings (SSSR count). The van der Waals surface area contributed by atoms with Gasteiger partial charge in [0.15, 0.2) is 0 Å². The van der Waals surface area contributed by atoms with Crippen LogP contribution in [0.3, 0.4) is 0 Å². The number of ether oxygens (including phenoxy) is 1. The predicted octanol–water partition coefficient (Wildman–Crippen LogP) is 10.6. The molecule has 0 aliphatic heterocycles. The second-order valence-corrected chi connectivity index (χ2v) is 17.0. The first-order valence-electron chi connectivity index (χ1n) is 21.7. The number of aliphatic carboxylic acids is 1. The number of amides is 2. The number of nitrogens with one attached hydrogen (secondary N) is 4. The number of esters is 1. The summed E-state index contributed by atoms with van der Waals surface area (Å²) < 4.78 is 4.88. The van der Waals surface area contributed by atoms with Gasteiger partial charge in [-0.25, -0.2) is 19.6 Å². The third-order valence-electron chi connectivity index (χ3n) is 10.4. The van der Waals surface area contributed by atoms with Crippen molar-refractivity contribution >= 4 is 81.8 Å². The van der Waals surface area contributed by atoms with Gasteiger partial charge in [0.1, 0.15) is 23.7 Å². The molecule has 4 aromatic carbocycles. The van der Waals surface area contributed by atoms with Gasteiger partial charge in [-0.15, -0.1) is 0 Å². The zero-order chi connectivity index (χ0) is 48.0. The standard InChI is InChI=1S/C26H27Cl2N3O3.C25H25Cl2N3O3/c1-34-26(33)22(31-25(32)24-20(27)8-6-9-21(24)28)17-19-13-11-18(12-14-19)7-2-4-15-29-23-10-3-5-16-30-23;26-19-7-5-8-20(27)23(19)24(31)30-21(25(32)33)16-18-12-10-17(11-13-18)6-1-3-14-28-22-9-2-4-15-29-22/h3,5-6,8-14,16,22H,2,4,7,15,17H2,1H3,(H,29,30)(H,31,32);2,4-5,7-13,15,21H,1,3,6,14,16H2,(H,28,29)(H,30,31)(H,32,33)/t22-;21-/m00/s1. The molecule has 0 saturated carbocycles. The van der Waals surface area contributed by atoms with Crippen molar-refractivity contribution in [3.05, 3.63) is 187 Å². The normalized spacial score (nSPS) is 11.5. The van der Waals surface area contributed by atoms with Gasteiger partial charge in [0.2, 0.25) is 0 Å². The van der Waals surface area contributed by atoms with Gasteiger partial charge in [-0.3, -0.25) is 9.59 Å². The number of methoxy groups -OCH3 is 1. The Morgan fingerprint density at radius 3 is 1.28 bits per heavy atom. The molecule has 350 valence electrons. The second-order valence-electron chi connectivity index (χ2n) is 15.3. The SMILES string of the molecule is COC(=O)[C@H](Cc1ccc(CCCCNc2ccccn2)cc1)NC(=O)c1c(Cl)cccc1Cl.O=C(N[C@@H](Cc1ccc(CCCCNc2ccccn2)cc1)C(=O)O)c1c(Cl)cccc1Cl.